The summed E-state index contributed by atoms with van der Waals surface area (Å²) in [6.45, 7) is 3.00. The molecular weight excluding hydrogens is 256 g/mol. The van der Waals surface area contributed by atoms with Crippen LogP contribution in [0.4, 0.5) is 5.69 Å². The Bertz CT molecular complexity index is 658. The van der Waals surface area contributed by atoms with Crippen molar-refractivity contribution in [2.45, 2.75) is 13.5 Å². The van der Waals surface area contributed by atoms with Crippen molar-refractivity contribution in [3.8, 4) is 5.69 Å². The molecule has 0 amide bonds. The molecular formula is C14H14N4S. The van der Waals surface area contributed by atoms with Gasteiger partial charge >= 0.3 is 0 Å². The maximum absolute atomic E-state index is 3.82. The Labute approximate surface area is 115 Å². The minimum Gasteiger partial charge on any atom is -0.380 e. The van der Waals surface area contributed by atoms with Gasteiger partial charge in [-0.3, -0.25) is 4.57 Å². The van der Waals surface area contributed by atoms with E-state index >= 15 is 0 Å². The number of hydrogen-bond donors (Lipinski definition) is 1. The number of anilines is 1. The van der Waals surface area contributed by atoms with Crippen LogP contribution in [0.3, 0.4) is 0 Å². The van der Waals surface area contributed by atoms with Crippen LogP contribution in [0.2, 0.25) is 0 Å². The topological polar surface area (TPSA) is 42.7 Å². The molecule has 0 aliphatic heterocycles. The van der Waals surface area contributed by atoms with Gasteiger partial charge in [-0.05, 0) is 42.1 Å². The number of thiophene rings is 1. The van der Waals surface area contributed by atoms with Gasteiger partial charge in [0.15, 0.2) is 0 Å². The molecule has 0 fully saturated rings. The largest absolute Gasteiger partial charge is 0.380 e. The van der Waals surface area contributed by atoms with Crippen molar-refractivity contribution in [1.82, 2.24) is 14.8 Å². The predicted octanol–water partition coefficient (Wildman–Crippen LogP) is 3.25. The summed E-state index contributed by atoms with van der Waals surface area (Å²) < 4.78 is 1.89. The van der Waals surface area contributed by atoms with Gasteiger partial charge in [0, 0.05) is 17.1 Å². The van der Waals surface area contributed by atoms with Gasteiger partial charge in [0.05, 0.1) is 5.69 Å². The molecule has 1 aromatic carbocycles. The number of aryl methyl sites for hydroxylation is 1. The molecule has 3 rings (SSSR count). The van der Waals surface area contributed by atoms with Crippen molar-refractivity contribution in [2.24, 2.45) is 0 Å². The zero-order valence-electron chi connectivity index (χ0n) is 10.6. The van der Waals surface area contributed by atoms with E-state index in [4.69, 9.17) is 0 Å². The normalized spacial score (nSPS) is 10.6. The quantitative estimate of drug-likeness (QED) is 0.791. The van der Waals surface area contributed by atoms with Crippen LogP contribution in [0.25, 0.3) is 5.69 Å². The molecule has 0 aliphatic rings. The van der Waals surface area contributed by atoms with Crippen LogP contribution >= 0.6 is 11.3 Å². The Morgan fingerprint density at radius 2 is 2.05 bits per heavy atom. The van der Waals surface area contributed by atoms with Crippen molar-refractivity contribution in [3.63, 3.8) is 0 Å². The zero-order valence-corrected chi connectivity index (χ0v) is 11.4. The van der Waals surface area contributed by atoms with E-state index in [0.29, 0.717) is 0 Å². The van der Waals surface area contributed by atoms with E-state index in [1.807, 2.05) is 16.7 Å². The average Bonchev–Trinajstić information content (AvgIpc) is 3.08. The summed E-state index contributed by atoms with van der Waals surface area (Å²) in [5.74, 6) is 0. The smallest absolute Gasteiger partial charge is 0.123 e. The van der Waals surface area contributed by atoms with Crippen LogP contribution in [-0.4, -0.2) is 14.8 Å². The molecule has 4 nitrogen and oxygen atoms in total. The van der Waals surface area contributed by atoms with Crippen LogP contribution in [-0.2, 0) is 6.54 Å². The summed E-state index contributed by atoms with van der Waals surface area (Å²) in [7, 11) is 0. The van der Waals surface area contributed by atoms with Crippen LogP contribution < -0.4 is 5.32 Å². The molecule has 2 aromatic heterocycles. The lowest BCUT2D eigenvalue weighted by molar-refractivity contribution is 1.05. The second-order valence-corrected chi connectivity index (χ2v) is 5.30. The van der Waals surface area contributed by atoms with Gasteiger partial charge in [-0.2, -0.15) is 0 Å². The van der Waals surface area contributed by atoms with Crippen molar-refractivity contribution < 1.29 is 0 Å². The van der Waals surface area contributed by atoms with Crippen LogP contribution in [0.5, 0.6) is 0 Å². The van der Waals surface area contributed by atoms with Crippen LogP contribution in [0.1, 0.15) is 10.4 Å². The number of aromatic nitrogens is 3. The molecule has 0 unspecified atom stereocenters. The van der Waals surface area contributed by atoms with E-state index in [2.05, 4.69) is 46.0 Å². The monoisotopic (exact) mass is 270 g/mol. The fourth-order valence-electron chi connectivity index (χ4n) is 1.88. The Kier molecular flexibility index (Phi) is 3.29. The molecule has 0 radical (unpaired) electrons. The lowest BCUT2D eigenvalue weighted by atomic mass is 10.2. The fourth-order valence-corrected chi connectivity index (χ4v) is 2.72. The first kappa shape index (κ1) is 11.9. The summed E-state index contributed by atoms with van der Waals surface area (Å²) in [5.41, 5.74) is 3.49. The highest BCUT2D eigenvalue weighted by molar-refractivity contribution is 7.10. The Morgan fingerprint density at radius 1 is 1.21 bits per heavy atom. The molecule has 0 saturated carbocycles. The molecule has 0 aliphatic carbocycles. The van der Waals surface area contributed by atoms with Gasteiger partial charge in [0.2, 0.25) is 0 Å². The summed E-state index contributed by atoms with van der Waals surface area (Å²) in [6, 6.07) is 10.4. The third-order valence-corrected chi connectivity index (χ3v) is 4.01. The molecule has 2 heterocycles. The van der Waals surface area contributed by atoms with E-state index < -0.39 is 0 Å². The standard InChI is InChI=1S/C14H14N4S/c1-11-5-6-19-14(11)8-15-12-3-2-4-13(7-12)18-9-16-17-10-18/h2-7,9-10,15H,8H2,1H3. The predicted molar refractivity (Wildman–Crippen MR) is 77.7 cm³/mol. The van der Waals surface area contributed by atoms with Crippen molar-refractivity contribution >= 4 is 17.0 Å². The Balaban J connectivity index is 1.75. The van der Waals surface area contributed by atoms with Gasteiger partial charge in [-0.25, -0.2) is 0 Å². The molecule has 19 heavy (non-hydrogen) atoms. The van der Waals surface area contributed by atoms with Crippen molar-refractivity contribution in [2.75, 3.05) is 5.32 Å². The Hall–Kier alpha value is -2.14. The third-order valence-electron chi connectivity index (χ3n) is 2.98. The van der Waals surface area contributed by atoms with Gasteiger partial charge in [0.1, 0.15) is 12.7 Å². The maximum atomic E-state index is 3.82. The van der Waals surface area contributed by atoms with Crippen molar-refractivity contribution in [1.29, 1.82) is 0 Å². The molecule has 0 spiro atoms. The minimum absolute atomic E-state index is 0.856. The number of hydrogen-bond acceptors (Lipinski definition) is 4. The highest BCUT2D eigenvalue weighted by atomic mass is 32.1. The first-order valence-corrected chi connectivity index (χ1v) is 6.93. The summed E-state index contributed by atoms with van der Waals surface area (Å²) >= 11 is 1.78. The molecule has 0 saturated heterocycles. The molecule has 1 N–H and O–H groups in total. The maximum Gasteiger partial charge on any atom is 0.123 e. The highest BCUT2D eigenvalue weighted by Gasteiger charge is 2.01. The third kappa shape index (κ3) is 2.66. The molecule has 3 aromatic rings. The van der Waals surface area contributed by atoms with Crippen LogP contribution in [0, 0.1) is 6.92 Å². The average molecular weight is 270 g/mol. The zero-order chi connectivity index (χ0) is 13.1. The number of benzene rings is 1. The second kappa shape index (κ2) is 5.24. The summed E-state index contributed by atoms with van der Waals surface area (Å²) in [4.78, 5) is 1.37. The second-order valence-electron chi connectivity index (χ2n) is 4.30. The number of nitrogens with zero attached hydrogens (tertiary/aromatic N) is 3. The fraction of sp³-hybridized carbons (Fsp3) is 0.143. The SMILES string of the molecule is Cc1ccsc1CNc1cccc(-n2cnnc2)c1. The molecule has 0 atom stereocenters. The number of rotatable bonds is 4. The Morgan fingerprint density at radius 3 is 2.79 bits per heavy atom. The van der Waals surface area contributed by atoms with E-state index in [0.717, 1.165) is 17.9 Å². The van der Waals surface area contributed by atoms with Crippen LogP contribution in [0.15, 0.2) is 48.4 Å². The van der Waals surface area contributed by atoms with Gasteiger partial charge in [0.25, 0.3) is 0 Å². The first-order valence-electron chi connectivity index (χ1n) is 6.05. The number of nitrogens with one attached hydrogen (secondary N) is 1. The summed E-state index contributed by atoms with van der Waals surface area (Å²) in [6.07, 6.45) is 3.39. The van der Waals surface area contributed by atoms with E-state index in [1.54, 1.807) is 24.0 Å². The van der Waals surface area contributed by atoms with Crippen molar-refractivity contribution in [3.05, 3.63) is 58.8 Å². The van der Waals surface area contributed by atoms with E-state index in [1.165, 1.54) is 10.4 Å². The minimum atomic E-state index is 0.856. The first-order chi connectivity index (χ1) is 9.33. The van der Waals surface area contributed by atoms with Gasteiger partial charge in [-0.1, -0.05) is 6.07 Å². The lowest BCUT2D eigenvalue weighted by Crippen LogP contribution is -1.99. The van der Waals surface area contributed by atoms with E-state index in [9.17, 15) is 0 Å². The molecule has 96 valence electrons. The molecule has 5 heteroatoms. The highest BCUT2D eigenvalue weighted by Crippen LogP contribution is 2.19. The summed E-state index contributed by atoms with van der Waals surface area (Å²) in [5, 5.41) is 13.2. The van der Waals surface area contributed by atoms with E-state index in [-0.39, 0.29) is 0 Å². The lowest BCUT2D eigenvalue weighted by Gasteiger charge is -2.08. The molecule has 0 bridgehead atoms. The van der Waals surface area contributed by atoms with Gasteiger partial charge < -0.3 is 5.32 Å². The van der Waals surface area contributed by atoms with Gasteiger partial charge in [-0.15, -0.1) is 21.5 Å².